The summed E-state index contributed by atoms with van der Waals surface area (Å²) in [5.74, 6) is 0.336. The van der Waals surface area contributed by atoms with Gasteiger partial charge in [-0.2, -0.15) is 0 Å². The molecule has 1 amide bonds. The monoisotopic (exact) mass is 271 g/mol. The van der Waals surface area contributed by atoms with Gasteiger partial charge in [0.15, 0.2) is 0 Å². The molecule has 1 aliphatic rings. The number of fused-ring (bicyclic) bond motifs is 1. The van der Waals surface area contributed by atoms with Crippen molar-refractivity contribution < 1.29 is 9.90 Å². The number of carbonyl (C=O) groups is 1. The molecule has 1 unspecified atom stereocenters. The fourth-order valence-corrected chi connectivity index (χ4v) is 2.69. The minimum absolute atomic E-state index is 0.0903. The van der Waals surface area contributed by atoms with Gasteiger partial charge in [-0.15, -0.1) is 0 Å². The average molecular weight is 271 g/mol. The predicted molar refractivity (Wildman–Crippen MR) is 77.3 cm³/mol. The summed E-state index contributed by atoms with van der Waals surface area (Å²) < 4.78 is 0. The van der Waals surface area contributed by atoms with Crippen LogP contribution in [0.5, 0.6) is 0 Å². The number of nitrogens with two attached hydrogens (primary N) is 1. The van der Waals surface area contributed by atoms with E-state index in [1.807, 2.05) is 24.3 Å². The molecule has 0 spiro atoms. The number of likely N-dealkylation sites (tertiary alicyclic amines) is 1. The second kappa shape index (κ2) is 5.09. The minimum atomic E-state index is -0.430. The molecule has 1 aliphatic heterocycles. The topological polar surface area (TPSA) is 79.5 Å². The van der Waals surface area contributed by atoms with Crippen LogP contribution >= 0.6 is 0 Å². The number of nitrogens with zero attached hydrogens (tertiary/aromatic N) is 2. The smallest absolute Gasteiger partial charge is 0.256 e. The normalized spacial score (nSPS) is 19.2. The molecule has 2 heterocycles. The number of carbonyl (C=O) groups excluding carboxylic acids is 1. The summed E-state index contributed by atoms with van der Waals surface area (Å²) in [4.78, 5) is 18.4. The predicted octanol–water partition coefficient (Wildman–Crippen LogP) is 1.41. The highest BCUT2D eigenvalue weighted by Gasteiger charge is 2.24. The lowest BCUT2D eigenvalue weighted by atomic mass is 10.0. The van der Waals surface area contributed by atoms with Gasteiger partial charge in [0.1, 0.15) is 5.82 Å². The lowest BCUT2D eigenvalue weighted by molar-refractivity contribution is 0.0475. The van der Waals surface area contributed by atoms with Crippen molar-refractivity contribution in [2.75, 3.05) is 18.8 Å². The summed E-state index contributed by atoms with van der Waals surface area (Å²) in [6.07, 6.45) is 2.68. The zero-order valence-corrected chi connectivity index (χ0v) is 11.1. The standard InChI is InChI=1S/C15H17N3O2/c16-14-12-6-2-1-5-11(12)13(8-17-14)15(20)18-7-3-4-10(19)9-18/h1-2,5-6,8,10,19H,3-4,7,9H2,(H2,16,17). The maximum absolute atomic E-state index is 12.6. The van der Waals surface area contributed by atoms with Crippen molar-refractivity contribution in [3.63, 3.8) is 0 Å². The van der Waals surface area contributed by atoms with E-state index in [2.05, 4.69) is 4.98 Å². The first-order chi connectivity index (χ1) is 9.66. The number of hydrogen-bond acceptors (Lipinski definition) is 4. The Balaban J connectivity index is 2.01. The molecule has 5 nitrogen and oxygen atoms in total. The van der Waals surface area contributed by atoms with Crippen LogP contribution in [0.1, 0.15) is 23.2 Å². The zero-order chi connectivity index (χ0) is 14.1. The van der Waals surface area contributed by atoms with Gasteiger partial charge in [-0.25, -0.2) is 4.98 Å². The summed E-state index contributed by atoms with van der Waals surface area (Å²) in [5, 5.41) is 11.3. The molecule has 3 N–H and O–H groups in total. The first-order valence-electron chi connectivity index (χ1n) is 6.77. The van der Waals surface area contributed by atoms with Gasteiger partial charge >= 0.3 is 0 Å². The van der Waals surface area contributed by atoms with Gasteiger partial charge in [0.25, 0.3) is 5.91 Å². The Labute approximate surface area is 117 Å². The number of piperidine rings is 1. The van der Waals surface area contributed by atoms with Crippen LogP contribution in [-0.2, 0) is 0 Å². The molecular weight excluding hydrogens is 254 g/mol. The van der Waals surface area contributed by atoms with Crippen LogP contribution in [0.3, 0.4) is 0 Å². The molecule has 20 heavy (non-hydrogen) atoms. The maximum atomic E-state index is 12.6. The first kappa shape index (κ1) is 12.9. The Morgan fingerprint density at radius 3 is 2.85 bits per heavy atom. The Morgan fingerprint density at radius 1 is 1.35 bits per heavy atom. The fourth-order valence-electron chi connectivity index (χ4n) is 2.69. The third-order valence-corrected chi connectivity index (χ3v) is 3.74. The molecule has 0 saturated carbocycles. The van der Waals surface area contributed by atoms with Crippen LogP contribution in [0.4, 0.5) is 5.82 Å². The molecule has 104 valence electrons. The molecule has 3 rings (SSSR count). The molecular formula is C15H17N3O2. The number of β-amino-alcohol motifs (C(OH)–C–C–N with tert-alkyl or cyclic N) is 1. The SMILES string of the molecule is Nc1ncc(C(=O)N2CCCC(O)C2)c2ccccc12. The highest BCUT2D eigenvalue weighted by Crippen LogP contribution is 2.24. The Kier molecular flexibility index (Phi) is 3.28. The second-order valence-electron chi connectivity index (χ2n) is 5.15. The lowest BCUT2D eigenvalue weighted by Gasteiger charge is -2.30. The molecule has 1 fully saturated rings. The summed E-state index contributed by atoms with van der Waals surface area (Å²) in [6, 6.07) is 7.49. The van der Waals surface area contributed by atoms with Crippen LogP contribution < -0.4 is 5.73 Å². The van der Waals surface area contributed by atoms with E-state index in [0.29, 0.717) is 24.5 Å². The van der Waals surface area contributed by atoms with Crippen LogP contribution in [0.2, 0.25) is 0 Å². The molecule has 0 bridgehead atoms. The van der Waals surface area contributed by atoms with Gasteiger partial charge in [-0.1, -0.05) is 24.3 Å². The van der Waals surface area contributed by atoms with Gasteiger partial charge in [0.05, 0.1) is 11.7 Å². The van der Waals surface area contributed by atoms with Gasteiger partial charge in [0.2, 0.25) is 0 Å². The van der Waals surface area contributed by atoms with Crippen molar-refractivity contribution in [2.24, 2.45) is 0 Å². The van der Waals surface area contributed by atoms with Crippen molar-refractivity contribution in [2.45, 2.75) is 18.9 Å². The van der Waals surface area contributed by atoms with Gasteiger partial charge in [0, 0.05) is 24.7 Å². The maximum Gasteiger partial charge on any atom is 0.256 e. The Hall–Kier alpha value is -2.14. The molecule has 5 heteroatoms. The van der Waals surface area contributed by atoms with E-state index in [9.17, 15) is 9.90 Å². The molecule has 1 atom stereocenters. The number of rotatable bonds is 1. The van der Waals surface area contributed by atoms with Crippen molar-refractivity contribution in [1.82, 2.24) is 9.88 Å². The highest BCUT2D eigenvalue weighted by molar-refractivity contribution is 6.08. The summed E-state index contributed by atoms with van der Waals surface area (Å²) in [7, 11) is 0. The number of aliphatic hydroxyl groups is 1. The zero-order valence-electron chi connectivity index (χ0n) is 11.1. The third kappa shape index (κ3) is 2.20. The van der Waals surface area contributed by atoms with E-state index in [0.717, 1.165) is 23.6 Å². The number of pyridine rings is 1. The van der Waals surface area contributed by atoms with E-state index in [1.54, 1.807) is 4.90 Å². The fraction of sp³-hybridized carbons (Fsp3) is 0.333. The van der Waals surface area contributed by atoms with E-state index in [-0.39, 0.29) is 5.91 Å². The van der Waals surface area contributed by atoms with E-state index in [1.165, 1.54) is 6.20 Å². The number of aromatic nitrogens is 1. The highest BCUT2D eigenvalue weighted by atomic mass is 16.3. The Morgan fingerprint density at radius 2 is 2.10 bits per heavy atom. The molecule has 1 aromatic heterocycles. The van der Waals surface area contributed by atoms with Gasteiger partial charge < -0.3 is 15.7 Å². The van der Waals surface area contributed by atoms with Crippen LogP contribution in [0, 0.1) is 0 Å². The quantitative estimate of drug-likeness (QED) is 0.822. The number of anilines is 1. The molecule has 0 radical (unpaired) electrons. The van der Waals surface area contributed by atoms with Gasteiger partial charge in [-0.3, -0.25) is 4.79 Å². The van der Waals surface area contributed by atoms with E-state index in [4.69, 9.17) is 5.73 Å². The van der Waals surface area contributed by atoms with Crippen LogP contribution in [-0.4, -0.2) is 40.1 Å². The molecule has 0 aliphatic carbocycles. The summed E-state index contributed by atoms with van der Waals surface area (Å²) in [5.41, 5.74) is 6.40. The molecule has 1 saturated heterocycles. The molecule has 2 aromatic rings. The van der Waals surface area contributed by atoms with Gasteiger partial charge in [-0.05, 0) is 18.2 Å². The number of benzene rings is 1. The van der Waals surface area contributed by atoms with Crippen molar-refractivity contribution >= 4 is 22.5 Å². The lowest BCUT2D eigenvalue weighted by Crippen LogP contribution is -2.42. The Bertz CT molecular complexity index is 657. The molecule has 1 aromatic carbocycles. The largest absolute Gasteiger partial charge is 0.391 e. The number of amides is 1. The van der Waals surface area contributed by atoms with Crippen molar-refractivity contribution in [3.8, 4) is 0 Å². The summed E-state index contributed by atoms with van der Waals surface area (Å²) in [6.45, 7) is 1.06. The van der Waals surface area contributed by atoms with Crippen molar-refractivity contribution in [1.29, 1.82) is 0 Å². The first-order valence-corrected chi connectivity index (χ1v) is 6.77. The number of nitrogen functional groups attached to an aromatic ring is 1. The second-order valence-corrected chi connectivity index (χ2v) is 5.15. The average Bonchev–Trinajstić information content (AvgIpc) is 2.47. The summed E-state index contributed by atoms with van der Waals surface area (Å²) >= 11 is 0. The number of aliphatic hydroxyl groups excluding tert-OH is 1. The van der Waals surface area contributed by atoms with E-state index >= 15 is 0 Å². The third-order valence-electron chi connectivity index (χ3n) is 3.74. The van der Waals surface area contributed by atoms with E-state index < -0.39 is 6.10 Å². The van der Waals surface area contributed by atoms with Crippen LogP contribution in [0.15, 0.2) is 30.5 Å². The number of hydrogen-bond donors (Lipinski definition) is 2. The van der Waals surface area contributed by atoms with Crippen LogP contribution in [0.25, 0.3) is 10.8 Å². The minimum Gasteiger partial charge on any atom is -0.391 e. The van der Waals surface area contributed by atoms with Crippen molar-refractivity contribution in [3.05, 3.63) is 36.0 Å².